The van der Waals surface area contributed by atoms with Crippen LogP contribution in [0.2, 0.25) is 0 Å². The van der Waals surface area contributed by atoms with Crippen LogP contribution >= 0.6 is 0 Å². The first kappa shape index (κ1) is 16.3. The number of nitrogens with one attached hydrogen (secondary N) is 2. The molecule has 1 unspecified atom stereocenters. The van der Waals surface area contributed by atoms with Crippen LogP contribution in [0.4, 0.5) is 0 Å². The van der Waals surface area contributed by atoms with Crippen LogP contribution in [0.5, 0.6) is 0 Å². The lowest BCUT2D eigenvalue weighted by Gasteiger charge is -2.28. The molecule has 1 saturated heterocycles. The van der Waals surface area contributed by atoms with E-state index < -0.39 is 5.54 Å². The van der Waals surface area contributed by atoms with E-state index in [9.17, 15) is 10.1 Å². The zero-order valence-electron chi connectivity index (χ0n) is 13.2. The minimum atomic E-state index is -0.625. The van der Waals surface area contributed by atoms with Crippen LogP contribution < -0.4 is 10.6 Å². The van der Waals surface area contributed by atoms with Gasteiger partial charge in [-0.25, -0.2) is 0 Å². The van der Waals surface area contributed by atoms with Crippen molar-refractivity contribution in [3.8, 4) is 6.07 Å². The highest BCUT2D eigenvalue weighted by Crippen LogP contribution is 2.26. The number of nitriles is 1. The molecule has 0 aromatic carbocycles. The predicted octanol–water partition coefficient (Wildman–Crippen LogP) is 1.40. The highest BCUT2D eigenvalue weighted by atomic mass is 16.2. The second kappa shape index (κ2) is 7.77. The Bertz CT molecular complexity index is 376. The van der Waals surface area contributed by atoms with Crippen molar-refractivity contribution in [3.63, 3.8) is 0 Å². The molecule has 2 rings (SSSR count). The number of carbonyl (C=O) groups excluding carboxylic acids is 1. The third-order valence-corrected chi connectivity index (χ3v) is 4.66. The highest BCUT2D eigenvalue weighted by molar-refractivity contribution is 5.79. The smallest absolute Gasteiger partial charge is 0.235 e. The fourth-order valence-electron chi connectivity index (χ4n) is 3.50. The molecule has 1 aliphatic heterocycles. The van der Waals surface area contributed by atoms with Crippen LogP contribution in [-0.2, 0) is 4.79 Å². The summed E-state index contributed by atoms with van der Waals surface area (Å²) in [4.78, 5) is 14.3. The van der Waals surface area contributed by atoms with Crippen molar-refractivity contribution < 1.29 is 4.79 Å². The quantitative estimate of drug-likeness (QED) is 0.752. The zero-order chi connectivity index (χ0) is 15.1. The Kier molecular flexibility index (Phi) is 6.01. The van der Waals surface area contributed by atoms with Crippen LogP contribution in [0.1, 0.15) is 51.4 Å². The molecular formula is C16H28N4O. The molecule has 5 heteroatoms. The van der Waals surface area contributed by atoms with E-state index in [1.54, 1.807) is 0 Å². The lowest BCUT2D eigenvalue weighted by molar-refractivity contribution is -0.123. The summed E-state index contributed by atoms with van der Waals surface area (Å²) in [7, 11) is 1.98. The van der Waals surface area contributed by atoms with Crippen LogP contribution in [0.3, 0.4) is 0 Å². The van der Waals surface area contributed by atoms with Gasteiger partial charge in [-0.1, -0.05) is 25.7 Å². The molecule has 118 valence electrons. The Balaban J connectivity index is 1.80. The van der Waals surface area contributed by atoms with E-state index in [0.717, 1.165) is 38.8 Å². The summed E-state index contributed by atoms with van der Waals surface area (Å²) in [5.74, 6) is -0.0149. The molecule has 2 fully saturated rings. The van der Waals surface area contributed by atoms with Gasteiger partial charge in [0.05, 0.1) is 12.6 Å². The zero-order valence-corrected chi connectivity index (χ0v) is 13.2. The summed E-state index contributed by atoms with van der Waals surface area (Å²) in [6.07, 6.45) is 8.42. The molecule has 5 nitrogen and oxygen atoms in total. The summed E-state index contributed by atoms with van der Waals surface area (Å²) < 4.78 is 0. The Labute approximate surface area is 128 Å². The molecule has 0 radical (unpaired) electrons. The van der Waals surface area contributed by atoms with Gasteiger partial charge in [0, 0.05) is 12.6 Å². The first-order chi connectivity index (χ1) is 10.1. The van der Waals surface area contributed by atoms with Gasteiger partial charge >= 0.3 is 0 Å². The van der Waals surface area contributed by atoms with E-state index in [-0.39, 0.29) is 5.91 Å². The average Bonchev–Trinajstić information content (AvgIpc) is 2.83. The Morgan fingerprint density at radius 2 is 2.05 bits per heavy atom. The van der Waals surface area contributed by atoms with Gasteiger partial charge in [0.2, 0.25) is 5.91 Å². The van der Waals surface area contributed by atoms with Gasteiger partial charge in [0.15, 0.2) is 0 Å². The van der Waals surface area contributed by atoms with E-state index in [0.29, 0.717) is 12.6 Å². The van der Waals surface area contributed by atoms with E-state index in [1.165, 1.54) is 25.7 Å². The van der Waals surface area contributed by atoms with Crippen molar-refractivity contribution in [2.75, 3.05) is 26.7 Å². The maximum absolute atomic E-state index is 12.2. The van der Waals surface area contributed by atoms with Crippen molar-refractivity contribution in [2.24, 2.45) is 0 Å². The van der Waals surface area contributed by atoms with E-state index in [1.807, 2.05) is 7.05 Å². The van der Waals surface area contributed by atoms with E-state index in [4.69, 9.17) is 0 Å². The summed E-state index contributed by atoms with van der Waals surface area (Å²) in [5, 5.41) is 16.0. The number of likely N-dealkylation sites (N-methyl/N-ethyl adjacent to an activating group) is 1. The highest BCUT2D eigenvalue weighted by Gasteiger charge is 2.32. The predicted molar refractivity (Wildman–Crippen MR) is 82.7 cm³/mol. The second-order valence-electron chi connectivity index (χ2n) is 6.65. The van der Waals surface area contributed by atoms with E-state index in [2.05, 4.69) is 21.6 Å². The van der Waals surface area contributed by atoms with Crippen LogP contribution in [-0.4, -0.2) is 49.1 Å². The number of hydrogen-bond donors (Lipinski definition) is 2. The van der Waals surface area contributed by atoms with Crippen molar-refractivity contribution in [1.82, 2.24) is 15.5 Å². The molecule has 0 spiro atoms. The molecule has 1 amide bonds. The minimum absolute atomic E-state index is 0.0149. The summed E-state index contributed by atoms with van der Waals surface area (Å²) in [6, 6.07) is 2.88. The van der Waals surface area contributed by atoms with Gasteiger partial charge < -0.3 is 10.6 Å². The number of nitrogens with zero attached hydrogens (tertiary/aromatic N) is 2. The number of hydrogen-bond acceptors (Lipinski definition) is 4. The molecule has 21 heavy (non-hydrogen) atoms. The van der Waals surface area contributed by atoms with Crippen molar-refractivity contribution in [2.45, 2.75) is 62.9 Å². The fraction of sp³-hybridized carbons (Fsp3) is 0.875. The van der Waals surface area contributed by atoms with Gasteiger partial charge in [-0.3, -0.25) is 9.69 Å². The fourth-order valence-corrected chi connectivity index (χ4v) is 3.50. The molecule has 2 N–H and O–H groups in total. The molecule has 1 heterocycles. The van der Waals surface area contributed by atoms with Crippen molar-refractivity contribution >= 4 is 5.91 Å². The molecule has 0 bridgehead atoms. The lowest BCUT2D eigenvalue weighted by Crippen LogP contribution is -2.50. The normalized spacial score (nSPS) is 25.3. The molecule has 2 aliphatic rings. The summed E-state index contributed by atoms with van der Waals surface area (Å²) >= 11 is 0. The lowest BCUT2D eigenvalue weighted by atomic mass is 9.92. The Hall–Kier alpha value is -1.12. The maximum atomic E-state index is 12.2. The molecule has 1 saturated carbocycles. The SMILES string of the molecule is CN(CC(=O)NC1(C#N)CCCCCC1)CC1CCCN1. The van der Waals surface area contributed by atoms with Crippen LogP contribution in [0.15, 0.2) is 0 Å². The molecule has 0 aromatic rings. The number of rotatable bonds is 5. The van der Waals surface area contributed by atoms with Gasteiger partial charge in [-0.2, -0.15) is 5.26 Å². The second-order valence-corrected chi connectivity index (χ2v) is 6.65. The van der Waals surface area contributed by atoms with Crippen molar-refractivity contribution in [1.29, 1.82) is 5.26 Å². The topological polar surface area (TPSA) is 68.2 Å². The van der Waals surface area contributed by atoms with Crippen LogP contribution in [0, 0.1) is 11.3 Å². The Morgan fingerprint density at radius 1 is 1.33 bits per heavy atom. The van der Waals surface area contributed by atoms with E-state index >= 15 is 0 Å². The van der Waals surface area contributed by atoms with Gasteiger partial charge in [0.1, 0.15) is 5.54 Å². The Morgan fingerprint density at radius 3 is 2.62 bits per heavy atom. The van der Waals surface area contributed by atoms with Gasteiger partial charge in [0.25, 0.3) is 0 Å². The average molecular weight is 292 g/mol. The standard InChI is InChI=1S/C16H28N4O/c1-20(11-14-7-6-10-18-14)12-15(21)19-16(13-17)8-4-2-3-5-9-16/h14,18H,2-12H2,1H3,(H,19,21). The third-order valence-electron chi connectivity index (χ3n) is 4.66. The van der Waals surface area contributed by atoms with Crippen molar-refractivity contribution in [3.05, 3.63) is 0 Å². The summed E-state index contributed by atoms with van der Waals surface area (Å²) in [5.41, 5.74) is -0.625. The molecule has 0 aromatic heterocycles. The largest absolute Gasteiger partial charge is 0.337 e. The molecular weight excluding hydrogens is 264 g/mol. The van der Waals surface area contributed by atoms with Gasteiger partial charge in [-0.15, -0.1) is 0 Å². The van der Waals surface area contributed by atoms with Crippen LogP contribution in [0.25, 0.3) is 0 Å². The third kappa shape index (κ3) is 4.98. The molecule has 1 aliphatic carbocycles. The monoisotopic (exact) mass is 292 g/mol. The molecule has 1 atom stereocenters. The number of carbonyl (C=O) groups is 1. The minimum Gasteiger partial charge on any atom is -0.337 e. The summed E-state index contributed by atoms with van der Waals surface area (Å²) in [6.45, 7) is 2.36. The maximum Gasteiger partial charge on any atom is 0.235 e. The number of amides is 1. The van der Waals surface area contributed by atoms with Gasteiger partial charge in [-0.05, 0) is 39.3 Å². The first-order valence-electron chi connectivity index (χ1n) is 8.28. The first-order valence-corrected chi connectivity index (χ1v) is 8.28.